The summed E-state index contributed by atoms with van der Waals surface area (Å²) in [5.41, 5.74) is 6.80. The van der Waals surface area contributed by atoms with Crippen LogP contribution >= 0.6 is 34.4 Å². The molecule has 0 saturated carbocycles. The number of thioether (sulfide) groups is 1. The largest absolute Gasteiger partial charge is 1.00 e. The Morgan fingerprint density at radius 2 is 2.17 bits per heavy atom. The van der Waals surface area contributed by atoms with Gasteiger partial charge in [-0.15, -0.1) is 22.7 Å². The molecule has 0 spiro atoms. The van der Waals surface area contributed by atoms with Crippen molar-refractivity contribution in [2.45, 2.75) is 29.3 Å². The van der Waals surface area contributed by atoms with Crippen LogP contribution in [-0.2, 0) is 14.4 Å². The van der Waals surface area contributed by atoms with Crippen molar-refractivity contribution >= 4 is 63.1 Å². The van der Waals surface area contributed by atoms with Gasteiger partial charge in [-0.3, -0.25) is 19.7 Å². The Morgan fingerprint density at radius 3 is 2.85 bits per heavy atom. The number of fused-ring (bicyclic) bond motifs is 1. The minimum Gasteiger partial charge on any atom is -0.857 e. The van der Waals surface area contributed by atoms with Gasteiger partial charge in [0, 0.05) is 39.5 Å². The van der Waals surface area contributed by atoms with Gasteiger partial charge in [-0.2, -0.15) is 0 Å². The number of rotatable bonds is 10. The van der Waals surface area contributed by atoms with E-state index in [0.29, 0.717) is 27.8 Å². The molecule has 202 valence electrons. The average molecular weight is 612 g/mol. The third-order valence-corrected chi connectivity index (χ3v) is 8.52. The number of thiazole rings is 2. The molecule has 2 aliphatic heterocycles. The number of β-lactam (4-membered cyclic amide) rings is 1. The second-order valence-electron chi connectivity index (χ2n) is 8.15. The number of carbonyl (C=O) groups is 2. The number of aliphatic carboxylic acids is 1. The standard InChI is InChI=1S/C23H20FN7O5S3.Na/c24-5-7-36-30-16(13-10-37-22(25)27-13)19(32)29-17-14-3-4-15(18(21(34)35)31(14)20(17)33)39-23-28-12(9-38-23)11-2-1-6-26-8-11;/h1-2,6,8-10,14,17H,3-5,7H2,(H2,25,27)(H,29,32)(H,34,35);/q;+1/p-1/b30-16+;/t14-,17+;/m1./s1. The first-order chi connectivity index (χ1) is 18.9. The Labute approximate surface area is 261 Å². The van der Waals surface area contributed by atoms with Gasteiger partial charge in [0.1, 0.15) is 36.4 Å². The fourth-order valence-corrected chi connectivity index (χ4v) is 6.66. The van der Waals surface area contributed by atoms with Crippen molar-refractivity contribution in [2.24, 2.45) is 10.1 Å². The van der Waals surface area contributed by atoms with E-state index in [0.717, 1.165) is 16.9 Å². The Kier molecular flexibility index (Phi) is 9.91. The van der Waals surface area contributed by atoms with Crippen LogP contribution in [0.4, 0.5) is 9.52 Å². The normalized spacial score (nSPS) is 19.1. The smallest absolute Gasteiger partial charge is 0.857 e. The number of aliphatic imine (C=N–C) groups is 1. The van der Waals surface area contributed by atoms with Crippen molar-refractivity contribution in [3.05, 3.63) is 51.6 Å². The molecule has 0 unspecified atom stereocenters. The first-order valence-corrected chi connectivity index (χ1v) is 14.0. The second kappa shape index (κ2) is 13.2. The van der Waals surface area contributed by atoms with E-state index < -0.39 is 36.5 Å². The third kappa shape index (κ3) is 6.21. The van der Waals surface area contributed by atoms with Gasteiger partial charge < -0.3 is 20.8 Å². The van der Waals surface area contributed by atoms with Crippen molar-refractivity contribution in [3.63, 3.8) is 0 Å². The molecular formula is C23H19FN7NaO5S3. The molecule has 0 radical (unpaired) electrons. The number of nitrogens with zero attached hydrogens (tertiary/aromatic N) is 6. The van der Waals surface area contributed by atoms with Gasteiger partial charge in [-0.1, -0.05) is 16.9 Å². The number of carbonyl (C=O) groups excluding carboxylic acids is 1. The molecular weight excluding hydrogens is 592 g/mol. The van der Waals surface area contributed by atoms with Gasteiger partial charge in [0.25, 0.3) is 5.91 Å². The summed E-state index contributed by atoms with van der Waals surface area (Å²) in [5.74, 6) is -2.78. The van der Waals surface area contributed by atoms with Gasteiger partial charge in [-0.05, 0) is 25.0 Å². The molecule has 1 saturated heterocycles. The third-order valence-electron chi connectivity index (χ3n) is 5.76. The van der Waals surface area contributed by atoms with Gasteiger partial charge >= 0.3 is 35.5 Å². The number of carboxylic acids is 1. The Balaban J connectivity index is 0.00000370. The molecule has 3 N–H and O–H groups in total. The van der Waals surface area contributed by atoms with E-state index in [4.69, 9.17) is 10.6 Å². The van der Waals surface area contributed by atoms with Crippen LogP contribution in [0.5, 0.6) is 0 Å². The molecule has 3 aromatic rings. The van der Waals surface area contributed by atoms with Crippen LogP contribution in [0.1, 0.15) is 18.5 Å². The van der Waals surface area contributed by atoms with Crippen molar-refractivity contribution < 1.29 is 58.6 Å². The molecule has 5 heterocycles. The fraction of sp³-hybridized carbons (Fsp3) is 0.261. The molecule has 12 nitrogen and oxygen atoms in total. The van der Waals surface area contributed by atoms with Crippen LogP contribution in [0.3, 0.4) is 0 Å². The summed E-state index contributed by atoms with van der Waals surface area (Å²) in [6, 6.07) is 1.96. The summed E-state index contributed by atoms with van der Waals surface area (Å²) in [6.45, 7) is -1.21. The zero-order valence-corrected chi connectivity index (χ0v) is 25.3. The fourth-order valence-electron chi connectivity index (χ4n) is 4.07. The number of alkyl halides is 1. The topological polar surface area (TPSA) is 179 Å². The molecule has 1 fully saturated rings. The summed E-state index contributed by atoms with van der Waals surface area (Å²) in [7, 11) is 0. The molecule has 5 rings (SSSR count). The van der Waals surface area contributed by atoms with Crippen LogP contribution in [0, 0.1) is 0 Å². The van der Waals surface area contributed by atoms with E-state index in [1.54, 1.807) is 18.5 Å². The Hall–Kier alpha value is -2.89. The zero-order chi connectivity index (χ0) is 27.5. The van der Waals surface area contributed by atoms with Crippen LogP contribution in [-0.4, -0.2) is 73.8 Å². The summed E-state index contributed by atoms with van der Waals surface area (Å²) >= 11 is 3.62. The molecule has 0 bridgehead atoms. The number of amides is 1. The number of aromatic nitrogens is 3. The second-order valence-corrected chi connectivity index (χ2v) is 11.2. The maximum atomic E-state index is 13.1. The Bertz CT molecular complexity index is 1500. The summed E-state index contributed by atoms with van der Waals surface area (Å²) in [6.07, 6.45) is 4.09. The van der Waals surface area contributed by atoms with Crippen molar-refractivity contribution in [1.29, 1.82) is 0 Å². The molecule has 2 aliphatic rings. The Morgan fingerprint density at radius 1 is 1.35 bits per heavy atom. The minimum absolute atomic E-state index is 0. The number of pyridine rings is 1. The number of carboxylic acid groups (broad SMARTS) is 1. The van der Waals surface area contributed by atoms with E-state index in [1.165, 1.54) is 33.4 Å². The molecule has 17 heteroatoms. The predicted molar refractivity (Wildman–Crippen MR) is 142 cm³/mol. The van der Waals surface area contributed by atoms with E-state index >= 15 is 0 Å². The van der Waals surface area contributed by atoms with E-state index in [9.17, 15) is 24.2 Å². The van der Waals surface area contributed by atoms with E-state index in [1.807, 2.05) is 11.4 Å². The van der Waals surface area contributed by atoms with Crippen LogP contribution in [0.25, 0.3) is 11.3 Å². The number of nitrogens with two attached hydrogens (primary N) is 1. The van der Waals surface area contributed by atoms with Crippen LogP contribution in [0.15, 0.2) is 60.4 Å². The molecule has 1 amide bonds. The summed E-state index contributed by atoms with van der Waals surface area (Å²) in [5, 5.41) is 30.0. The maximum Gasteiger partial charge on any atom is 1.00 e. The molecule has 40 heavy (non-hydrogen) atoms. The molecule has 0 aromatic carbocycles. The van der Waals surface area contributed by atoms with Crippen molar-refractivity contribution in [1.82, 2.24) is 19.9 Å². The first-order valence-electron chi connectivity index (χ1n) is 11.4. The number of nitrogen functional groups attached to an aromatic ring is 1. The summed E-state index contributed by atoms with van der Waals surface area (Å²) < 4.78 is 13.1. The van der Waals surface area contributed by atoms with Crippen LogP contribution in [0.2, 0.25) is 0 Å². The van der Waals surface area contributed by atoms with Crippen LogP contribution < -0.4 is 40.4 Å². The number of halogens is 1. The van der Waals surface area contributed by atoms with Gasteiger partial charge in [0.2, 0.25) is 0 Å². The van der Waals surface area contributed by atoms with Crippen molar-refractivity contribution in [3.8, 4) is 11.3 Å². The van der Waals surface area contributed by atoms with Gasteiger partial charge in [-0.25, -0.2) is 19.2 Å². The number of hydrogen-bond acceptors (Lipinski definition) is 13. The predicted octanol–water partition coefficient (Wildman–Crippen LogP) is -0.841. The number of allylic oxidation sites excluding steroid dienone is 1. The molecule has 3 aromatic heterocycles. The monoisotopic (exact) mass is 611 g/mol. The first kappa shape index (κ1) is 30.1. The SMILES string of the molecule is Nc1nc(/C(=N\OCCF)C([O-])=N[C@@H]2C(=O)N3C(C(=O)O)=C(Sc4nc(-c5cccnc5)cs4)CC[C@H]23)cs1.[Na+]. The summed E-state index contributed by atoms with van der Waals surface area (Å²) in [4.78, 5) is 48.4. The minimum atomic E-state index is -1.26. The van der Waals surface area contributed by atoms with Gasteiger partial charge in [0.15, 0.2) is 9.47 Å². The number of hydrogen-bond donors (Lipinski definition) is 2. The zero-order valence-electron chi connectivity index (χ0n) is 20.9. The number of anilines is 1. The van der Waals surface area contributed by atoms with Crippen molar-refractivity contribution in [2.75, 3.05) is 19.0 Å². The van der Waals surface area contributed by atoms with Gasteiger partial charge in [0.05, 0.1) is 11.7 Å². The average Bonchev–Trinajstić information content (AvgIpc) is 3.58. The quantitative estimate of drug-likeness (QED) is 0.0733. The van der Waals surface area contributed by atoms with E-state index in [2.05, 4.69) is 25.1 Å². The molecule has 0 aliphatic carbocycles. The maximum absolute atomic E-state index is 13.1. The molecule has 2 atom stereocenters. The number of oxime groups is 1. The van der Waals surface area contributed by atoms with E-state index in [-0.39, 0.29) is 58.4 Å².